The lowest BCUT2D eigenvalue weighted by Gasteiger charge is -2.31. The monoisotopic (exact) mass is 1390 g/mol. The molecule has 4 aliphatic rings. The summed E-state index contributed by atoms with van der Waals surface area (Å²) in [5, 5.41) is 9.27. The molecule has 4 aliphatic heterocycles. The SMILES string of the molecule is Cc1ccc2c(oc3ccccc32)c1N1C=CN(c2ccccc2)C1C.Cc1ccc2c(oc3ccccc32)c1N1c2ccccc2N(c2ccccc2)C1C.Cc1ccc2c(oc3ccccc32)c1N1c2cccnc2N(C)C1C.Cc1ccc2c(oc3ccccc32)c1N1c2ncccc2N(C)C1C. The second kappa shape index (κ2) is 26.1. The molecule has 0 saturated heterocycles. The van der Waals surface area contributed by atoms with Crippen molar-refractivity contribution in [1.29, 1.82) is 0 Å². The maximum Gasteiger partial charge on any atom is 0.159 e. The van der Waals surface area contributed by atoms with E-state index in [9.17, 15) is 0 Å². The van der Waals surface area contributed by atoms with Crippen LogP contribution in [0.25, 0.3) is 87.8 Å². The Labute approximate surface area is 615 Å². The van der Waals surface area contributed by atoms with E-state index >= 15 is 0 Å². The van der Waals surface area contributed by atoms with Crippen molar-refractivity contribution in [3.63, 3.8) is 0 Å². The van der Waals surface area contributed by atoms with Crippen molar-refractivity contribution in [2.75, 3.05) is 53.3 Å². The zero-order chi connectivity index (χ0) is 72.2. The quantitative estimate of drug-likeness (QED) is 0.158. The van der Waals surface area contributed by atoms with Crippen LogP contribution in [0.5, 0.6) is 0 Å². The van der Waals surface area contributed by atoms with Crippen LogP contribution in [0.2, 0.25) is 0 Å². The molecule has 6 aromatic heterocycles. The van der Waals surface area contributed by atoms with Crippen LogP contribution in [-0.4, -0.2) is 48.7 Å². The molecular formula is C92H80N10O4. The molecule has 10 heterocycles. The molecule has 0 N–H and O–H groups in total. The van der Waals surface area contributed by atoms with Gasteiger partial charge in [-0.3, -0.25) is 0 Å². The molecular weight excluding hydrogens is 1310 g/mol. The molecule has 14 nitrogen and oxygen atoms in total. The summed E-state index contributed by atoms with van der Waals surface area (Å²) in [5.74, 6) is 1.98. The lowest BCUT2D eigenvalue weighted by atomic mass is 10.1. The van der Waals surface area contributed by atoms with Gasteiger partial charge in [0.25, 0.3) is 0 Å². The van der Waals surface area contributed by atoms with Crippen molar-refractivity contribution in [2.24, 2.45) is 0 Å². The average Bonchev–Trinajstić information content (AvgIpc) is 1.58. The molecule has 0 saturated carbocycles. The van der Waals surface area contributed by atoms with Gasteiger partial charge in [0.15, 0.2) is 34.0 Å². The fraction of sp³-hybridized carbons (Fsp3) is 0.152. The van der Waals surface area contributed by atoms with E-state index in [4.69, 9.17) is 17.7 Å². The van der Waals surface area contributed by atoms with Crippen LogP contribution in [0.15, 0.2) is 297 Å². The van der Waals surface area contributed by atoms with Crippen molar-refractivity contribution in [3.05, 3.63) is 302 Å². The Hall–Kier alpha value is -12.9. The zero-order valence-corrected chi connectivity index (χ0v) is 61.0. The molecule has 14 heteroatoms. The fourth-order valence-electron chi connectivity index (χ4n) is 16.4. The standard InChI is InChI=1S/C27H22N2O.C23H20N2O.2C21H19N3O/c1-18-16-17-22-21-12-6-9-15-25(21)30-27(22)26(18)29-19(2)28(20-10-4-3-5-11-20)23-13-7-8-14-24(23)29;1-16-12-13-20-19-10-6-7-11-21(19)26-23(20)22(16)25-15-14-24(17(25)2)18-8-4-3-5-9-18;1-13-10-11-16-15-7-4-5-9-18(15)25-20(16)19(13)24-14(2)23(3)21-17(24)8-6-12-22-21;1-13-10-11-16-15-7-4-5-9-18(15)25-20(16)19(13)24-14(2)23(3)17-8-6-12-22-21(17)24/h3-17,19H,1-2H3;3-15,17H,1-2H3;2*4-12,14H,1-3H3. The highest BCUT2D eigenvalue weighted by atomic mass is 16.3. The number of pyridine rings is 2. The number of anilines is 12. The van der Waals surface area contributed by atoms with Crippen LogP contribution in [0.4, 0.5) is 68.5 Å². The van der Waals surface area contributed by atoms with Gasteiger partial charge in [0.1, 0.15) is 47.0 Å². The first-order valence-corrected chi connectivity index (χ1v) is 36.4. The van der Waals surface area contributed by atoms with E-state index < -0.39 is 0 Å². The van der Waals surface area contributed by atoms with Gasteiger partial charge < -0.3 is 56.9 Å². The van der Waals surface area contributed by atoms with Gasteiger partial charge in [-0.15, -0.1) is 0 Å². The van der Waals surface area contributed by atoms with Gasteiger partial charge in [0.05, 0.1) is 45.5 Å². The fourth-order valence-corrected chi connectivity index (χ4v) is 16.4. The molecule has 0 fully saturated rings. The molecule has 0 spiro atoms. The first-order chi connectivity index (χ1) is 51.8. The Balaban J connectivity index is 0.000000100. The third kappa shape index (κ3) is 10.5. The molecule has 21 rings (SSSR count). The van der Waals surface area contributed by atoms with Crippen LogP contribution >= 0.6 is 0 Å². The summed E-state index contributed by atoms with van der Waals surface area (Å²) in [5.41, 5.74) is 23.9. The van der Waals surface area contributed by atoms with Crippen LogP contribution in [0.1, 0.15) is 49.9 Å². The Morgan fingerprint density at radius 1 is 0.264 bits per heavy atom. The van der Waals surface area contributed by atoms with Gasteiger partial charge >= 0.3 is 0 Å². The predicted molar refractivity (Wildman–Crippen MR) is 439 cm³/mol. The summed E-state index contributed by atoms with van der Waals surface area (Å²) >= 11 is 0. The molecule has 106 heavy (non-hydrogen) atoms. The first-order valence-electron chi connectivity index (χ1n) is 36.4. The first kappa shape index (κ1) is 65.1. The molecule has 0 aliphatic carbocycles. The number of para-hydroxylation sites is 8. The maximum atomic E-state index is 6.42. The number of aromatic nitrogens is 2. The smallest absolute Gasteiger partial charge is 0.159 e. The van der Waals surface area contributed by atoms with Gasteiger partial charge in [-0.1, -0.05) is 170 Å². The van der Waals surface area contributed by atoms with Crippen LogP contribution in [0.3, 0.4) is 0 Å². The molecule has 0 bridgehead atoms. The summed E-state index contributed by atoms with van der Waals surface area (Å²) < 4.78 is 25.3. The van der Waals surface area contributed by atoms with Crippen molar-refractivity contribution < 1.29 is 17.7 Å². The molecule has 522 valence electrons. The Bertz CT molecular complexity index is 6080. The molecule has 11 aromatic carbocycles. The molecule has 0 amide bonds. The van der Waals surface area contributed by atoms with E-state index in [1.807, 2.05) is 79.1 Å². The van der Waals surface area contributed by atoms with Crippen LogP contribution < -0.4 is 39.2 Å². The largest absolute Gasteiger partial charge is 0.454 e. The molecule has 4 atom stereocenters. The van der Waals surface area contributed by atoms with Crippen molar-refractivity contribution in [2.45, 2.75) is 80.1 Å². The number of rotatable bonds is 6. The minimum absolute atomic E-state index is 0.113. The predicted octanol–water partition coefficient (Wildman–Crippen LogP) is 24.0. The van der Waals surface area contributed by atoms with Gasteiger partial charge in [-0.2, -0.15) is 0 Å². The number of furan rings is 4. The number of fused-ring (bicyclic) bond motifs is 15. The third-order valence-corrected chi connectivity index (χ3v) is 21.9. The molecule has 17 aromatic rings. The Morgan fingerprint density at radius 2 is 0.613 bits per heavy atom. The second-order valence-electron chi connectivity index (χ2n) is 28.0. The van der Waals surface area contributed by atoms with Crippen LogP contribution in [-0.2, 0) is 0 Å². The van der Waals surface area contributed by atoms with E-state index in [0.29, 0.717) is 0 Å². The topological polar surface area (TPSA) is 104 Å². The number of benzene rings is 11. The Kier molecular flexibility index (Phi) is 16.0. The number of hydrogen-bond donors (Lipinski definition) is 0. The van der Waals surface area contributed by atoms with E-state index in [2.05, 4.69) is 319 Å². The summed E-state index contributed by atoms with van der Waals surface area (Å²) in [7, 11) is 4.20. The lowest BCUT2D eigenvalue weighted by Crippen LogP contribution is -2.36. The van der Waals surface area contributed by atoms with Crippen molar-refractivity contribution >= 4 is 156 Å². The Morgan fingerprint density at radius 3 is 1.09 bits per heavy atom. The molecule has 0 radical (unpaired) electrons. The second-order valence-corrected chi connectivity index (χ2v) is 28.0. The minimum Gasteiger partial charge on any atom is -0.454 e. The van der Waals surface area contributed by atoms with E-state index in [0.717, 1.165) is 123 Å². The number of aryl methyl sites for hydroxylation is 4. The summed E-state index contributed by atoms with van der Waals surface area (Å²) in [4.78, 5) is 27.7. The highest BCUT2D eigenvalue weighted by molar-refractivity contribution is 6.14. The lowest BCUT2D eigenvalue weighted by molar-refractivity contribution is 0.660. The average molecular weight is 1390 g/mol. The van der Waals surface area contributed by atoms with E-state index in [1.165, 1.54) is 55.8 Å². The number of nitrogens with zero attached hydrogens (tertiary/aromatic N) is 10. The third-order valence-electron chi connectivity index (χ3n) is 21.9. The minimum atomic E-state index is 0.113. The molecule has 4 unspecified atom stereocenters. The van der Waals surface area contributed by atoms with E-state index in [1.54, 1.807) is 0 Å². The van der Waals surface area contributed by atoms with Gasteiger partial charge in [0.2, 0.25) is 0 Å². The number of hydrogen-bond acceptors (Lipinski definition) is 14. The zero-order valence-electron chi connectivity index (χ0n) is 61.0. The van der Waals surface area contributed by atoms with Gasteiger partial charge in [-0.05, 0) is 163 Å². The van der Waals surface area contributed by atoms with Crippen molar-refractivity contribution in [1.82, 2.24) is 9.97 Å². The maximum absolute atomic E-state index is 6.42. The van der Waals surface area contributed by atoms with E-state index in [-0.39, 0.29) is 24.7 Å². The van der Waals surface area contributed by atoms with Gasteiger partial charge in [0, 0.05) is 93.4 Å². The highest BCUT2D eigenvalue weighted by Crippen LogP contribution is 2.53. The van der Waals surface area contributed by atoms with Gasteiger partial charge in [-0.25, -0.2) is 9.97 Å². The highest BCUT2D eigenvalue weighted by Gasteiger charge is 2.40. The summed E-state index contributed by atoms with van der Waals surface area (Å²) in [6, 6.07) is 88.3. The summed E-state index contributed by atoms with van der Waals surface area (Å²) in [6.07, 6.45) is 8.61. The van der Waals surface area contributed by atoms with Crippen LogP contribution in [0, 0.1) is 27.7 Å². The normalized spacial score (nSPS) is 16.6. The summed E-state index contributed by atoms with van der Waals surface area (Å²) in [6.45, 7) is 17.5. The van der Waals surface area contributed by atoms with Crippen molar-refractivity contribution in [3.8, 4) is 0 Å².